The SMILES string of the molecule is CN=C(NCC(=O)OC(C)(C)C)NC1CCN(CC(C)C)CC1. The number of likely N-dealkylation sites (tertiary alicyclic amines) is 1. The van der Waals surface area contributed by atoms with Crippen LogP contribution in [0.5, 0.6) is 0 Å². The molecule has 1 fully saturated rings. The van der Waals surface area contributed by atoms with Crippen LogP contribution in [0.2, 0.25) is 0 Å². The summed E-state index contributed by atoms with van der Waals surface area (Å²) in [7, 11) is 1.72. The normalized spacial score (nSPS) is 18.1. The molecule has 1 aliphatic rings. The molecule has 134 valence electrons. The van der Waals surface area contributed by atoms with Crippen LogP contribution in [0, 0.1) is 5.92 Å². The van der Waals surface area contributed by atoms with E-state index in [0.29, 0.717) is 17.9 Å². The monoisotopic (exact) mass is 326 g/mol. The van der Waals surface area contributed by atoms with Crippen LogP contribution in [0.4, 0.5) is 0 Å². The van der Waals surface area contributed by atoms with Gasteiger partial charge < -0.3 is 20.3 Å². The average molecular weight is 326 g/mol. The molecule has 6 nitrogen and oxygen atoms in total. The molecule has 0 aromatic rings. The Kier molecular flexibility index (Phi) is 7.82. The van der Waals surface area contributed by atoms with E-state index in [1.807, 2.05) is 20.8 Å². The Morgan fingerprint density at radius 3 is 2.39 bits per heavy atom. The number of guanidine groups is 1. The summed E-state index contributed by atoms with van der Waals surface area (Å²) < 4.78 is 5.28. The molecule has 0 saturated carbocycles. The third kappa shape index (κ3) is 8.79. The number of esters is 1. The minimum atomic E-state index is -0.459. The van der Waals surface area contributed by atoms with Crippen molar-refractivity contribution in [3.8, 4) is 0 Å². The second-order valence-electron chi connectivity index (χ2n) is 7.63. The molecular weight excluding hydrogens is 292 g/mol. The lowest BCUT2D eigenvalue weighted by Gasteiger charge is -2.33. The number of piperidine rings is 1. The van der Waals surface area contributed by atoms with E-state index in [9.17, 15) is 4.79 Å². The van der Waals surface area contributed by atoms with Gasteiger partial charge >= 0.3 is 5.97 Å². The Labute approximate surface area is 141 Å². The molecule has 0 unspecified atom stereocenters. The molecule has 0 aromatic carbocycles. The van der Waals surface area contributed by atoms with E-state index in [1.54, 1.807) is 7.05 Å². The van der Waals surface area contributed by atoms with E-state index in [1.165, 1.54) is 6.54 Å². The largest absolute Gasteiger partial charge is 0.459 e. The molecule has 23 heavy (non-hydrogen) atoms. The fourth-order valence-corrected chi connectivity index (χ4v) is 2.70. The van der Waals surface area contributed by atoms with Gasteiger partial charge in [0, 0.05) is 32.7 Å². The molecule has 6 heteroatoms. The second kappa shape index (κ2) is 9.11. The molecule has 0 aromatic heterocycles. The number of nitrogens with one attached hydrogen (secondary N) is 2. The van der Waals surface area contributed by atoms with Gasteiger partial charge in [0.2, 0.25) is 0 Å². The predicted molar refractivity (Wildman–Crippen MR) is 94.6 cm³/mol. The lowest BCUT2D eigenvalue weighted by atomic mass is 10.0. The molecule has 0 radical (unpaired) electrons. The molecule has 0 bridgehead atoms. The number of hydrogen-bond donors (Lipinski definition) is 2. The molecule has 1 heterocycles. The summed E-state index contributed by atoms with van der Waals surface area (Å²) in [5.41, 5.74) is -0.459. The molecular formula is C17H34N4O2. The molecule has 0 spiro atoms. The van der Waals surface area contributed by atoms with Crippen molar-refractivity contribution in [1.29, 1.82) is 0 Å². The van der Waals surface area contributed by atoms with Gasteiger partial charge in [0.05, 0.1) is 0 Å². The van der Waals surface area contributed by atoms with Crippen molar-refractivity contribution in [2.75, 3.05) is 33.2 Å². The van der Waals surface area contributed by atoms with Crippen molar-refractivity contribution in [2.24, 2.45) is 10.9 Å². The third-order valence-corrected chi connectivity index (χ3v) is 3.60. The first-order valence-electron chi connectivity index (χ1n) is 8.61. The topological polar surface area (TPSA) is 66.0 Å². The zero-order chi connectivity index (χ0) is 17.5. The number of hydrogen-bond acceptors (Lipinski definition) is 4. The zero-order valence-electron chi connectivity index (χ0n) is 15.6. The van der Waals surface area contributed by atoms with E-state index < -0.39 is 5.60 Å². The summed E-state index contributed by atoms with van der Waals surface area (Å²) >= 11 is 0. The number of carbonyl (C=O) groups is 1. The van der Waals surface area contributed by atoms with Gasteiger partial charge in [0.15, 0.2) is 5.96 Å². The summed E-state index contributed by atoms with van der Waals surface area (Å²) in [6.07, 6.45) is 2.19. The first-order chi connectivity index (χ1) is 10.7. The number of nitrogens with zero attached hydrogens (tertiary/aromatic N) is 2. The maximum Gasteiger partial charge on any atom is 0.325 e. The second-order valence-corrected chi connectivity index (χ2v) is 7.63. The minimum absolute atomic E-state index is 0.128. The fraction of sp³-hybridized carbons (Fsp3) is 0.882. The maximum atomic E-state index is 11.7. The predicted octanol–water partition coefficient (Wildman–Crippen LogP) is 1.61. The van der Waals surface area contributed by atoms with Crippen molar-refractivity contribution in [3.05, 3.63) is 0 Å². The van der Waals surface area contributed by atoms with Crippen LogP contribution in [0.25, 0.3) is 0 Å². The lowest BCUT2D eigenvalue weighted by Crippen LogP contribution is -2.50. The van der Waals surface area contributed by atoms with Gasteiger partial charge in [-0.2, -0.15) is 0 Å². The van der Waals surface area contributed by atoms with E-state index in [-0.39, 0.29) is 12.5 Å². The molecule has 0 aliphatic carbocycles. The van der Waals surface area contributed by atoms with Crippen LogP contribution in [-0.2, 0) is 9.53 Å². The number of rotatable bonds is 5. The van der Waals surface area contributed by atoms with Crippen LogP contribution >= 0.6 is 0 Å². The lowest BCUT2D eigenvalue weighted by molar-refractivity contribution is -0.153. The van der Waals surface area contributed by atoms with E-state index in [0.717, 1.165) is 25.9 Å². The Morgan fingerprint density at radius 2 is 1.91 bits per heavy atom. The highest BCUT2D eigenvalue weighted by atomic mass is 16.6. The van der Waals surface area contributed by atoms with Crippen molar-refractivity contribution in [2.45, 2.75) is 59.1 Å². The van der Waals surface area contributed by atoms with Gasteiger partial charge in [0.25, 0.3) is 0 Å². The standard InChI is InChI=1S/C17H34N4O2/c1-13(2)12-21-9-7-14(8-10-21)20-16(18-6)19-11-15(22)23-17(3,4)5/h13-14H,7-12H2,1-6H3,(H2,18,19,20). The third-order valence-electron chi connectivity index (χ3n) is 3.60. The Bertz CT molecular complexity index is 394. The van der Waals surface area contributed by atoms with Gasteiger partial charge in [-0.3, -0.25) is 9.79 Å². The molecule has 1 rings (SSSR count). The highest BCUT2D eigenvalue weighted by Crippen LogP contribution is 2.12. The maximum absolute atomic E-state index is 11.7. The van der Waals surface area contributed by atoms with Gasteiger partial charge in [-0.15, -0.1) is 0 Å². The summed E-state index contributed by atoms with van der Waals surface area (Å²) in [6, 6.07) is 0.406. The summed E-state index contributed by atoms with van der Waals surface area (Å²) in [6.45, 7) is 13.6. The van der Waals surface area contributed by atoms with Gasteiger partial charge in [0.1, 0.15) is 12.1 Å². The van der Waals surface area contributed by atoms with Crippen molar-refractivity contribution in [3.63, 3.8) is 0 Å². The Balaban J connectivity index is 2.31. The molecule has 1 saturated heterocycles. The van der Waals surface area contributed by atoms with E-state index in [2.05, 4.69) is 34.4 Å². The van der Waals surface area contributed by atoms with Crippen LogP contribution in [0.15, 0.2) is 4.99 Å². The summed E-state index contributed by atoms with van der Waals surface area (Å²) in [5.74, 6) is 1.10. The van der Waals surface area contributed by atoms with Crippen molar-refractivity contribution in [1.82, 2.24) is 15.5 Å². The molecule has 1 aliphatic heterocycles. The summed E-state index contributed by atoms with van der Waals surface area (Å²) in [4.78, 5) is 18.4. The summed E-state index contributed by atoms with van der Waals surface area (Å²) in [5, 5.41) is 6.44. The van der Waals surface area contributed by atoms with Crippen LogP contribution in [0.3, 0.4) is 0 Å². The average Bonchev–Trinajstić information content (AvgIpc) is 2.42. The molecule has 0 atom stereocenters. The smallest absolute Gasteiger partial charge is 0.325 e. The number of aliphatic imine (C=N–C) groups is 1. The minimum Gasteiger partial charge on any atom is -0.459 e. The number of carbonyl (C=O) groups excluding carboxylic acids is 1. The first kappa shape index (κ1) is 19.7. The van der Waals surface area contributed by atoms with Gasteiger partial charge in [-0.1, -0.05) is 13.8 Å². The van der Waals surface area contributed by atoms with Gasteiger partial charge in [-0.25, -0.2) is 0 Å². The van der Waals surface area contributed by atoms with Crippen LogP contribution in [-0.4, -0.2) is 61.7 Å². The highest BCUT2D eigenvalue weighted by Gasteiger charge is 2.21. The van der Waals surface area contributed by atoms with E-state index in [4.69, 9.17) is 4.74 Å². The highest BCUT2D eigenvalue weighted by molar-refractivity contribution is 5.84. The van der Waals surface area contributed by atoms with Crippen LogP contribution < -0.4 is 10.6 Å². The quantitative estimate of drug-likeness (QED) is 0.456. The Hall–Kier alpha value is -1.30. The van der Waals surface area contributed by atoms with Crippen molar-refractivity contribution >= 4 is 11.9 Å². The zero-order valence-corrected chi connectivity index (χ0v) is 15.6. The Morgan fingerprint density at radius 1 is 1.30 bits per heavy atom. The molecule has 0 amide bonds. The van der Waals surface area contributed by atoms with Gasteiger partial charge in [-0.05, 0) is 39.5 Å². The molecule has 2 N–H and O–H groups in total. The number of ether oxygens (including phenoxy) is 1. The van der Waals surface area contributed by atoms with E-state index >= 15 is 0 Å². The fourth-order valence-electron chi connectivity index (χ4n) is 2.70. The first-order valence-corrected chi connectivity index (χ1v) is 8.61. The van der Waals surface area contributed by atoms with Crippen molar-refractivity contribution < 1.29 is 9.53 Å². The van der Waals surface area contributed by atoms with Crippen LogP contribution in [0.1, 0.15) is 47.5 Å².